The highest BCUT2D eigenvalue weighted by Crippen LogP contribution is 2.16. The Morgan fingerprint density at radius 2 is 1.83 bits per heavy atom. The van der Waals surface area contributed by atoms with Crippen LogP contribution in [-0.2, 0) is 11.3 Å². The zero-order valence-electron chi connectivity index (χ0n) is 12.4. The Kier molecular flexibility index (Phi) is 5.15. The smallest absolute Gasteiger partial charge is 0.213 e. The van der Waals surface area contributed by atoms with Gasteiger partial charge >= 0.3 is 0 Å². The Bertz CT molecular complexity index is 352. The second kappa shape index (κ2) is 6.19. The van der Waals surface area contributed by atoms with Gasteiger partial charge in [0.15, 0.2) is 0 Å². The Labute approximate surface area is 111 Å². The molecule has 18 heavy (non-hydrogen) atoms. The van der Waals surface area contributed by atoms with Gasteiger partial charge in [-0.05, 0) is 45.2 Å². The van der Waals surface area contributed by atoms with Crippen LogP contribution in [0.3, 0.4) is 0 Å². The fourth-order valence-electron chi connectivity index (χ4n) is 1.29. The largest absolute Gasteiger partial charge is 0.472 e. The number of hydrogen-bond donors (Lipinski definition) is 0. The van der Waals surface area contributed by atoms with Crippen molar-refractivity contribution in [3.63, 3.8) is 0 Å². The summed E-state index contributed by atoms with van der Waals surface area (Å²) in [5.74, 6) is 1.18. The molecule has 0 aliphatic heterocycles. The molecular weight excluding hydrogens is 226 g/mol. The molecule has 0 amide bonds. The number of aromatic nitrogens is 1. The number of ether oxygens (including phenoxy) is 2. The summed E-state index contributed by atoms with van der Waals surface area (Å²) in [4.78, 5) is 4.28. The summed E-state index contributed by atoms with van der Waals surface area (Å²) < 4.78 is 11.4. The lowest BCUT2D eigenvalue weighted by Gasteiger charge is -2.20. The van der Waals surface area contributed by atoms with Crippen LogP contribution in [-0.4, -0.2) is 16.7 Å². The summed E-state index contributed by atoms with van der Waals surface area (Å²) in [7, 11) is 0. The normalized spacial score (nSPS) is 13.7. The molecule has 0 saturated carbocycles. The summed E-state index contributed by atoms with van der Waals surface area (Å²) in [5, 5.41) is 0. The van der Waals surface area contributed by atoms with E-state index in [4.69, 9.17) is 9.47 Å². The lowest BCUT2D eigenvalue weighted by molar-refractivity contribution is 0.0233. The van der Waals surface area contributed by atoms with Crippen LogP contribution in [0, 0.1) is 5.92 Å². The summed E-state index contributed by atoms with van der Waals surface area (Å²) in [6, 6.07) is 3.89. The fraction of sp³-hybridized carbons (Fsp3) is 0.667. The summed E-state index contributed by atoms with van der Waals surface area (Å²) in [5.41, 5.74) is 0.862. The maximum Gasteiger partial charge on any atom is 0.213 e. The molecule has 1 rings (SSSR count). The van der Waals surface area contributed by atoms with Gasteiger partial charge in [0, 0.05) is 12.3 Å². The van der Waals surface area contributed by atoms with Gasteiger partial charge in [0.1, 0.15) is 5.60 Å². The van der Waals surface area contributed by atoms with Crippen molar-refractivity contribution in [2.24, 2.45) is 5.92 Å². The van der Waals surface area contributed by atoms with Gasteiger partial charge < -0.3 is 9.47 Å². The van der Waals surface area contributed by atoms with E-state index < -0.39 is 0 Å². The molecule has 102 valence electrons. The Morgan fingerprint density at radius 1 is 1.17 bits per heavy atom. The van der Waals surface area contributed by atoms with Gasteiger partial charge in [-0.15, -0.1) is 0 Å². The molecule has 0 aliphatic rings. The second-order valence-electron chi connectivity index (χ2n) is 5.98. The number of nitrogens with zero attached hydrogens (tertiary/aromatic N) is 1. The first-order valence-corrected chi connectivity index (χ1v) is 6.53. The van der Waals surface area contributed by atoms with E-state index in [1.54, 1.807) is 0 Å². The molecule has 1 heterocycles. The Hall–Kier alpha value is -1.09. The van der Waals surface area contributed by atoms with Crippen molar-refractivity contribution in [3.8, 4) is 5.88 Å². The number of rotatable bonds is 5. The number of pyridine rings is 1. The summed E-state index contributed by atoms with van der Waals surface area (Å²) in [6.45, 7) is 13.0. The fourth-order valence-corrected chi connectivity index (χ4v) is 1.29. The maximum absolute atomic E-state index is 5.75. The number of hydrogen-bond acceptors (Lipinski definition) is 3. The van der Waals surface area contributed by atoms with Crippen LogP contribution in [0.5, 0.6) is 5.88 Å². The average Bonchev–Trinajstić information content (AvgIpc) is 2.25. The third-order valence-electron chi connectivity index (χ3n) is 2.66. The van der Waals surface area contributed by atoms with E-state index >= 15 is 0 Å². The molecule has 0 bridgehead atoms. The first-order valence-electron chi connectivity index (χ1n) is 6.53. The van der Waals surface area contributed by atoms with Crippen LogP contribution < -0.4 is 4.74 Å². The lowest BCUT2D eigenvalue weighted by atomic mass is 10.1. The van der Waals surface area contributed by atoms with Gasteiger partial charge in [0.2, 0.25) is 5.88 Å². The standard InChI is InChI=1S/C15H25NO2/c1-11(2)12(3)17-10-13-7-8-14(16-9-13)18-15(4,5)6/h7-9,11-12H,10H2,1-6H3/t12-/m1/s1. The van der Waals surface area contributed by atoms with Gasteiger partial charge in [-0.2, -0.15) is 0 Å². The summed E-state index contributed by atoms with van der Waals surface area (Å²) in [6.07, 6.45) is 2.07. The molecule has 0 aliphatic carbocycles. The molecule has 1 aromatic rings. The molecule has 1 aromatic heterocycles. The van der Waals surface area contributed by atoms with Crippen molar-refractivity contribution in [1.29, 1.82) is 0 Å². The first-order chi connectivity index (χ1) is 8.28. The van der Waals surface area contributed by atoms with E-state index in [0.29, 0.717) is 18.4 Å². The molecule has 0 aromatic carbocycles. The molecule has 0 N–H and O–H groups in total. The summed E-state index contributed by atoms with van der Waals surface area (Å²) >= 11 is 0. The predicted octanol–water partition coefficient (Wildman–Crippen LogP) is 3.82. The van der Waals surface area contributed by atoms with Crippen LogP contribution in [0.1, 0.15) is 47.1 Å². The van der Waals surface area contributed by atoms with E-state index in [9.17, 15) is 0 Å². The lowest BCUT2D eigenvalue weighted by Crippen LogP contribution is -2.23. The quantitative estimate of drug-likeness (QED) is 0.797. The van der Waals surface area contributed by atoms with Gasteiger partial charge in [-0.3, -0.25) is 0 Å². The van der Waals surface area contributed by atoms with Crippen molar-refractivity contribution < 1.29 is 9.47 Å². The zero-order valence-corrected chi connectivity index (χ0v) is 12.4. The molecule has 0 saturated heterocycles. The van der Waals surface area contributed by atoms with Crippen LogP contribution in [0.25, 0.3) is 0 Å². The van der Waals surface area contributed by atoms with E-state index in [1.165, 1.54) is 0 Å². The van der Waals surface area contributed by atoms with E-state index in [-0.39, 0.29) is 11.7 Å². The molecule has 3 nitrogen and oxygen atoms in total. The molecule has 0 fully saturated rings. The van der Waals surface area contributed by atoms with Crippen molar-refractivity contribution in [3.05, 3.63) is 23.9 Å². The van der Waals surface area contributed by atoms with Gasteiger partial charge in [-0.25, -0.2) is 4.98 Å². The van der Waals surface area contributed by atoms with Crippen LogP contribution in [0.2, 0.25) is 0 Å². The molecular formula is C15H25NO2. The topological polar surface area (TPSA) is 31.4 Å². The third-order valence-corrected chi connectivity index (χ3v) is 2.66. The van der Waals surface area contributed by atoms with Crippen molar-refractivity contribution in [2.45, 2.75) is 59.9 Å². The third kappa shape index (κ3) is 5.50. The monoisotopic (exact) mass is 251 g/mol. The Morgan fingerprint density at radius 3 is 2.28 bits per heavy atom. The maximum atomic E-state index is 5.75. The minimum absolute atomic E-state index is 0.211. The highest BCUT2D eigenvalue weighted by atomic mass is 16.5. The predicted molar refractivity (Wildman–Crippen MR) is 73.7 cm³/mol. The SMILES string of the molecule is CC(C)[C@@H](C)OCc1ccc(OC(C)(C)C)nc1. The molecule has 0 unspecified atom stereocenters. The van der Waals surface area contributed by atoms with Crippen LogP contribution in [0.4, 0.5) is 0 Å². The van der Waals surface area contributed by atoms with Crippen molar-refractivity contribution in [1.82, 2.24) is 4.98 Å². The first kappa shape index (κ1) is 15.0. The van der Waals surface area contributed by atoms with E-state index in [0.717, 1.165) is 5.56 Å². The van der Waals surface area contributed by atoms with E-state index in [1.807, 2.05) is 39.1 Å². The van der Waals surface area contributed by atoms with E-state index in [2.05, 4.69) is 25.8 Å². The molecule has 3 heteroatoms. The van der Waals surface area contributed by atoms with Crippen LogP contribution in [0.15, 0.2) is 18.3 Å². The van der Waals surface area contributed by atoms with Gasteiger partial charge in [0.05, 0.1) is 12.7 Å². The van der Waals surface area contributed by atoms with Gasteiger partial charge in [0.25, 0.3) is 0 Å². The highest BCUT2D eigenvalue weighted by molar-refractivity contribution is 5.17. The van der Waals surface area contributed by atoms with Gasteiger partial charge in [-0.1, -0.05) is 13.8 Å². The van der Waals surface area contributed by atoms with Crippen LogP contribution >= 0.6 is 0 Å². The zero-order chi connectivity index (χ0) is 13.8. The highest BCUT2D eigenvalue weighted by Gasteiger charge is 2.12. The minimum Gasteiger partial charge on any atom is -0.472 e. The Balaban J connectivity index is 2.50. The minimum atomic E-state index is -0.211. The average molecular weight is 251 g/mol. The molecule has 0 spiro atoms. The molecule has 1 atom stereocenters. The molecule has 0 radical (unpaired) electrons. The van der Waals surface area contributed by atoms with Crippen molar-refractivity contribution >= 4 is 0 Å². The van der Waals surface area contributed by atoms with Crippen molar-refractivity contribution in [2.75, 3.05) is 0 Å². The second-order valence-corrected chi connectivity index (χ2v) is 5.98.